The van der Waals surface area contributed by atoms with Gasteiger partial charge in [-0.1, -0.05) is 11.6 Å². The van der Waals surface area contributed by atoms with Crippen LogP contribution in [0.5, 0.6) is 0 Å². The van der Waals surface area contributed by atoms with E-state index in [1.807, 2.05) is 18.3 Å². The van der Waals surface area contributed by atoms with E-state index >= 15 is 0 Å². The van der Waals surface area contributed by atoms with Gasteiger partial charge in [0.25, 0.3) is 0 Å². The lowest BCUT2D eigenvalue weighted by Gasteiger charge is -2.08. The van der Waals surface area contributed by atoms with Crippen molar-refractivity contribution >= 4 is 44.4 Å². The Balaban J connectivity index is 2.35. The van der Waals surface area contributed by atoms with Gasteiger partial charge < -0.3 is 15.5 Å². The molecule has 0 radical (unpaired) electrons. The van der Waals surface area contributed by atoms with Gasteiger partial charge in [-0.2, -0.15) is 0 Å². The Morgan fingerprint density at radius 3 is 3.00 bits per heavy atom. The Kier molecular flexibility index (Phi) is 3.94. The number of nitrogens with two attached hydrogens (primary N) is 1. The number of esters is 1. The van der Waals surface area contributed by atoms with Gasteiger partial charge >= 0.3 is 5.97 Å². The van der Waals surface area contributed by atoms with Gasteiger partial charge in [0.15, 0.2) is 0 Å². The minimum absolute atomic E-state index is 0.417. The largest absolute Gasteiger partial charge is 0.468 e. The Labute approximate surface area is 118 Å². The van der Waals surface area contributed by atoms with Crippen molar-refractivity contribution in [2.75, 3.05) is 7.11 Å². The molecular weight excluding hydrogens is 320 g/mol. The monoisotopic (exact) mass is 330 g/mol. The molecule has 1 aromatic carbocycles. The van der Waals surface area contributed by atoms with E-state index in [0.717, 1.165) is 20.9 Å². The van der Waals surface area contributed by atoms with Crippen LogP contribution >= 0.6 is 27.5 Å². The Morgan fingerprint density at radius 1 is 1.61 bits per heavy atom. The zero-order valence-electron chi connectivity index (χ0n) is 9.67. The number of aromatic amines is 1. The van der Waals surface area contributed by atoms with E-state index in [9.17, 15) is 4.79 Å². The van der Waals surface area contributed by atoms with E-state index in [-0.39, 0.29) is 0 Å². The number of hydrogen-bond acceptors (Lipinski definition) is 3. The summed E-state index contributed by atoms with van der Waals surface area (Å²) < 4.78 is 5.42. The number of carbonyl (C=O) groups excluding carboxylic acids is 1. The van der Waals surface area contributed by atoms with Crippen LogP contribution in [0.1, 0.15) is 5.56 Å². The molecular formula is C12H12BrClN2O2. The fraction of sp³-hybridized carbons (Fsp3) is 0.250. The third-order valence-electron chi connectivity index (χ3n) is 2.75. The Morgan fingerprint density at radius 2 is 2.33 bits per heavy atom. The lowest BCUT2D eigenvalue weighted by atomic mass is 10.1. The van der Waals surface area contributed by atoms with Crippen molar-refractivity contribution in [2.24, 2.45) is 5.73 Å². The van der Waals surface area contributed by atoms with Crippen molar-refractivity contribution in [1.29, 1.82) is 0 Å². The summed E-state index contributed by atoms with van der Waals surface area (Å²) in [6, 6.07) is 3.07. The zero-order chi connectivity index (χ0) is 13.3. The standard InChI is InChI=1S/C12H12BrClN2O2/c1-18-12(17)10(15)2-6-5-16-11-4-9(14)8(13)3-7(6)11/h3-5,10,16H,2,15H2,1H3. The molecule has 0 amide bonds. The topological polar surface area (TPSA) is 68.1 Å². The van der Waals surface area contributed by atoms with Crippen molar-refractivity contribution in [3.63, 3.8) is 0 Å². The zero-order valence-corrected chi connectivity index (χ0v) is 12.0. The molecule has 6 heteroatoms. The molecule has 4 nitrogen and oxygen atoms in total. The van der Waals surface area contributed by atoms with Gasteiger partial charge in [0.1, 0.15) is 6.04 Å². The molecule has 96 valence electrons. The number of rotatable bonds is 3. The van der Waals surface area contributed by atoms with Gasteiger partial charge in [-0.15, -0.1) is 0 Å². The van der Waals surface area contributed by atoms with Gasteiger partial charge in [0.2, 0.25) is 0 Å². The highest BCUT2D eigenvalue weighted by molar-refractivity contribution is 9.10. The van der Waals surface area contributed by atoms with E-state index < -0.39 is 12.0 Å². The third-order valence-corrected chi connectivity index (χ3v) is 3.95. The van der Waals surface area contributed by atoms with Crippen LogP contribution < -0.4 is 5.73 Å². The molecule has 0 aliphatic heterocycles. The first kappa shape index (κ1) is 13.4. The normalized spacial score (nSPS) is 12.7. The molecule has 0 spiro atoms. The van der Waals surface area contributed by atoms with E-state index in [4.69, 9.17) is 17.3 Å². The summed E-state index contributed by atoms with van der Waals surface area (Å²) in [5.74, 6) is -0.419. The second-order valence-electron chi connectivity index (χ2n) is 3.96. The maximum atomic E-state index is 11.3. The van der Waals surface area contributed by atoms with Crippen molar-refractivity contribution in [3.8, 4) is 0 Å². The molecule has 1 aromatic heterocycles. The number of fused-ring (bicyclic) bond motifs is 1. The van der Waals surface area contributed by atoms with Crippen LogP contribution in [0.4, 0.5) is 0 Å². The lowest BCUT2D eigenvalue weighted by Crippen LogP contribution is -2.33. The van der Waals surface area contributed by atoms with Crippen molar-refractivity contribution in [3.05, 3.63) is 33.4 Å². The first-order valence-electron chi connectivity index (χ1n) is 5.31. The van der Waals surface area contributed by atoms with Crippen molar-refractivity contribution in [2.45, 2.75) is 12.5 Å². The maximum Gasteiger partial charge on any atom is 0.322 e. The highest BCUT2D eigenvalue weighted by Crippen LogP contribution is 2.30. The Bertz CT molecular complexity index is 597. The van der Waals surface area contributed by atoms with E-state index in [1.54, 1.807) is 0 Å². The number of nitrogens with one attached hydrogen (secondary N) is 1. The SMILES string of the molecule is COC(=O)C(N)Cc1c[nH]c2cc(Cl)c(Br)cc12. The summed E-state index contributed by atoms with van der Waals surface area (Å²) in [5.41, 5.74) is 7.62. The average molecular weight is 332 g/mol. The molecule has 3 N–H and O–H groups in total. The van der Waals surface area contributed by atoms with Crippen molar-refractivity contribution in [1.82, 2.24) is 4.98 Å². The summed E-state index contributed by atoms with van der Waals surface area (Å²) in [4.78, 5) is 14.4. The van der Waals surface area contributed by atoms with E-state index in [0.29, 0.717) is 11.4 Å². The quantitative estimate of drug-likeness (QED) is 0.850. The van der Waals surface area contributed by atoms with Crippen LogP contribution in [0.25, 0.3) is 10.9 Å². The van der Waals surface area contributed by atoms with Gasteiger partial charge in [-0.05, 0) is 33.6 Å². The molecule has 0 fully saturated rings. The van der Waals surface area contributed by atoms with Crippen LogP contribution in [-0.4, -0.2) is 24.1 Å². The molecule has 0 aliphatic rings. The van der Waals surface area contributed by atoms with E-state index in [1.165, 1.54) is 7.11 Å². The minimum atomic E-state index is -0.663. The Hall–Kier alpha value is -1.04. The second-order valence-corrected chi connectivity index (χ2v) is 5.22. The van der Waals surface area contributed by atoms with Gasteiger partial charge in [0.05, 0.1) is 12.1 Å². The number of benzene rings is 1. The van der Waals surface area contributed by atoms with Crippen LogP contribution in [0.2, 0.25) is 5.02 Å². The summed E-state index contributed by atoms with van der Waals surface area (Å²) in [7, 11) is 1.33. The van der Waals surface area contributed by atoms with Crippen LogP contribution in [0.3, 0.4) is 0 Å². The minimum Gasteiger partial charge on any atom is -0.468 e. The number of halogens is 2. The van der Waals surface area contributed by atoms with Crippen LogP contribution in [-0.2, 0) is 16.0 Å². The predicted octanol–water partition coefficient (Wildman–Crippen LogP) is 2.63. The third kappa shape index (κ3) is 2.53. The first-order valence-corrected chi connectivity index (χ1v) is 6.48. The summed E-state index contributed by atoms with van der Waals surface area (Å²) >= 11 is 9.39. The molecule has 0 aliphatic carbocycles. The number of ether oxygens (including phenoxy) is 1. The molecule has 1 atom stereocenters. The number of methoxy groups -OCH3 is 1. The first-order chi connectivity index (χ1) is 8.52. The lowest BCUT2D eigenvalue weighted by molar-refractivity contribution is -0.142. The number of aromatic nitrogens is 1. The molecule has 0 saturated heterocycles. The molecule has 0 saturated carbocycles. The van der Waals surface area contributed by atoms with Crippen LogP contribution in [0.15, 0.2) is 22.8 Å². The average Bonchev–Trinajstić information content (AvgIpc) is 2.71. The fourth-order valence-corrected chi connectivity index (χ4v) is 2.32. The number of hydrogen-bond donors (Lipinski definition) is 2. The smallest absolute Gasteiger partial charge is 0.322 e. The number of H-pyrrole nitrogens is 1. The molecule has 0 bridgehead atoms. The van der Waals surface area contributed by atoms with Gasteiger partial charge in [0, 0.05) is 28.0 Å². The summed E-state index contributed by atoms with van der Waals surface area (Å²) in [6.45, 7) is 0. The predicted molar refractivity (Wildman–Crippen MR) is 74.7 cm³/mol. The second kappa shape index (κ2) is 5.30. The molecule has 1 heterocycles. The highest BCUT2D eigenvalue weighted by Gasteiger charge is 2.17. The highest BCUT2D eigenvalue weighted by atomic mass is 79.9. The summed E-state index contributed by atoms with van der Waals surface area (Å²) in [5, 5.41) is 1.62. The maximum absolute atomic E-state index is 11.3. The molecule has 1 unspecified atom stereocenters. The van der Waals surface area contributed by atoms with E-state index in [2.05, 4.69) is 25.7 Å². The van der Waals surface area contributed by atoms with Gasteiger partial charge in [-0.25, -0.2) is 0 Å². The fourth-order valence-electron chi connectivity index (χ4n) is 1.82. The summed E-state index contributed by atoms with van der Waals surface area (Å²) in [6.07, 6.45) is 2.25. The molecule has 2 rings (SSSR count). The number of carbonyl (C=O) groups is 1. The van der Waals surface area contributed by atoms with Gasteiger partial charge in [-0.3, -0.25) is 4.79 Å². The van der Waals surface area contributed by atoms with Crippen molar-refractivity contribution < 1.29 is 9.53 Å². The molecule has 2 aromatic rings. The molecule has 18 heavy (non-hydrogen) atoms. The van der Waals surface area contributed by atoms with Crippen LogP contribution in [0, 0.1) is 0 Å².